The monoisotopic (exact) mass is 350 g/mol. The van der Waals surface area contributed by atoms with Crippen LogP contribution in [0.2, 0.25) is 20.9 Å². The zero-order valence-electron chi connectivity index (χ0n) is 16.4. The van der Waals surface area contributed by atoms with Crippen LogP contribution in [0.4, 0.5) is 0 Å². The third-order valence-electron chi connectivity index (χ3n) is 2.06. The van der Waals surface area contributed by atoms with E-state index in [9.17, 15) is 15.3 Å². The maximum absolute atomic E-state index is 9.53. The molecule has 0 saturated carbocycles. The Bertz CT molecular complexity index is 289. The van der Waals surface area contributed by atoms with Crippen molar-refractivity contribution in [1.29, 1.82) is 0 Å². The van der Waals surface area contributed by atoms with Crippen molar-refractivity contribution < 1.29 is 30.6 Å². The molecule has 0 aromatic carbocycles. The topological polar surface area (TPSA) is 69.2 Å². The molecule has 0 amide bonds. The standard InChI is InChI=1S/C5H5.3C3H7O.4CH3.Ti/c1-2-4-5-3-1;3*1-3(2)4;;;;;/h1-3H,4H2;3*3H,1-2H3;4*1H3;/q;3*-1;;;;;+3. The van der Waals surface area contributed by atoms with Crippen LogP contribution >= 0.6 is 0 Å². The summed E-state index contributed by atoms with van der Waals surface area (Å²) in [5.41, 5.74) is 0. The molecule has 3 nitrogen and oxygen atoms in total. The number of rotatable bonds is 1. The summed E-state index contributed by atoms with van der Waals surface area (Å²) < 4.78 is 1.72. The van der Waals surface area contributed by atoms with Crippen molar-refractivity contribution in [3.05, 3.63) is 22.1 Å². The van der Waals surface area contributed by atoms with E-state index in [1.54, 1.807) is 45.4 Å². The predicted octanol–water partition coefficient (Wildman–Crippen LogP) is 2.98. The van der Waals surface area contributed by atoms with E-state index in [0.29, 0.717) is 0 Å². The Hall–Kier alpha value is 0.0743. The molecule has 4 heteroatoms. The Morgan fingerprint density at radius 1 is 0.773 bits per heavy atom. The summed E-state index contributed by atoms with van der Waals surface area (Å²) in [6.07, 6.45) is 6.74. The van der Waals surface area contributed by atoms with E-state index in [2.05, 4.69) is 39.1 Å². The Morgan fingerprint density at radius 2 is 1.05 bits per heavy atom. The number of hydrogen-bond donors (Lipinski definition) is 0. The van der Waals surface area contributed by atoms with Crippen molar-refractivity contribution in [2.75, 3.05) is 0 Å². The van der Waals surface area contributed by atoms with E-state index >= 15 is 0 Å². The number of hydrogen-bond acceptors (Lipinski definition) is 3. The van der Waals surface area contributed by atoms with Gasteiger partial charge in [0.2, 0.25) is 0 Å². The third-order valence-corrected chi connectivity index (χ3v) is 6.65. The van der Waals surface area contributed by atoms with Crippen LogP contribution in [0, 0.1) is 0 Å². The van der Waals surface area contributed by atoms with Crippen LogP contribution < -0.4 is 15.3 Å². The van der Waals surface area contributed by atoms with Gasteiger partial charge in [0.05, 0.1) is 0 Å². The molecule has 0 aromatic heterocycles. The van der Waals surface area contributed by atoms with Gasteiger partial charge in [-0.15, -0.1) is 18.3 Å². The van der Waals surface area contributed by atoms with Gasteiger partial charge in [0, 0.05) is 0 Å². The van der Waals surface area contributed by atoms with Crippen LogP contribution in [0.5, 0.6) is 0 Å². The van der Waals surface area contributed by atoms with E-state index in [1.807, 2.05) is 0 Å². The first kappa shape index (κ1) is 26.9. The minimum absolute atomic E-state index is 0.417. The van der Waals surface area contributed by atoms with Crippen molar-refractivity contribution in [3.63, 3.8) is 0 Å². The second-order valence-corrected chi connectivity index (χ2v) is 22.0. The van der Waals surface area contributed by atoms with Crippen molar-refractivity contribution >= 4 is 0 Å². The summed E-state index contributed by atoms with van der Waals surface area (Å²) in [5.74, 6) is 0. The zero-order valence-corrected chi connectivity index (χ0v) is 18.0. The molecule has 0 saturated heterocycles. The SMILES string of the molecule is CC(C)[O-].CC(C)[O-].CC(C)[O-].[CH3][Ti+3]([CH3])([CH3])([CH3])[C]1=CC=CC1. The molecule has 0 radical (unpaired) electrons. The molecule has 0 fully saturated rings. The van der Waals surface area contributed by atoms with Gasteiger partial charge >= 0.3 is 64.7 Å². The molecule has 0 aromatic rings. The summed E-state index contributed by atoms with van der Waals surface area (Å²) in [6, 6.07) is 0. The van der Waals surface area contributed by atoms with E-state index < -0.39 is 33.6 Å². The maximum atomic E-state index is 9.53. The molecular formula is C18H38O3Ti. The summed E-state index contributed by atoms with van der Waals surface area (Å²) in [7, 11) is 0. The van der Waals surface area contributed by atoms with Crippen LogP contribution in [0.1, 0.15) is 48.0 Å². The van der Waals surface area contributed by atoms with E-state index in [-0.39, 0.29) is 0 Å². The third kappa shape index (κ3) is 32.1. The molecule has 132 valence electrons. The molecule has 1 aliphatic carbocycles. The van der Waals surface area contributed by atoms with Crippen LogP contribution in [-0.2, 0) is 15.3 Å². The minimum atomic E-state index is -2.02. The molecule has 0 atom stereocenters. The Kier molecular flexibility index (Phi) is 15.3. The van der Waals surface area contributed by atoms with E-state index in [0.717, 1.165) is 0 Å². The molecule has 0 bridgehead atoms. The molecule has 0 heterocycles. The average molecular weight is 350 g/mol. The predicted molar refractivity (Wildman–Crippen MR) is 90.7 cm³/mol. The van der Waals surface area contributed by atoms with Gasteiger partial charge in [-0.2, -0.15) is 0 Å². The first-order valence-electron chi connectivity index (χ1n) is 8.14. The zero-order chi connectivity index (χ0) is 18.6. The van der Waals surface area contributed by atoms with E-state index in [1.165, 1.54) is 6.42 Å². The van der Waals surface area contributed by atoms with Gasteiger partial charge in [-0.25, -0.2) is 0 Å². The fourth-order valence-electron chi connectivity index (χ4n) is 1.19. The molecule has 0 unspecified atom stereocenters. The van der Waals surface area contributed by atoms with Gasteiger partial charge in [-0.1, -0.05) is 41.5 Å². The normalized spacial score (nSPS) is 12.6. The summed E-state index contributed by atoms with van der Waals surface area (Å²) in [4.78, 5) is 0. The molecule has 0 aliphatic heterocycles. The second kappa shape index (κ2) is 12.5. The number of allylic oxidation sites excluding steroid dienone is 4. The molecular weight excluding hydrogens is 312 g/mol. The second-order valence-electron chi connectivity index (χ2n) is 8.47. The van der Waals surface area contributed by atoms with Crippen molar-refractivity contribution in [3.8, 4) is 0 Å². The van der Waals surface area contributed by atoms with Gasteiger partial charge in [0.1, 0.15) is 0 Å². The fourth-order valence-corrected chi connectivity index (χ4v) is 3.84. The Balaban J connectivity index is -0.000000253. The quantitative estimate of drug-likeness (QED) is 0.683. The van der Waals surface area contributed by atoms with Crippen molar-refractivity contribution in [2.45, 2.75) is 87.2 Å². The van der Waals surface area contributed by atoms with Gasteiger partial charge in [0.25, 0.3) is 0 Å². The molecule has 0 spiro atoms. The van der Waals surface area contributed by atoms with Gasteiger partial charge in [0.15, 0.2) is 0 Å². The first-order valence-corrected chi connectivity index (χ1v) is 15.2. The molecule has 22 heavy (non-hydrogen) atoms. The van der Waals surface area contributed by atoms with Crippen molar-refractivity contribution in [2.24, 2.45) is 0 Å². The van der Waals surface area contributed by atoms with Crippen LogP contribution in [0.15, 0.2) is 22.1 Å². The Morgan fingerprint density at radius 3 is 1.14 bits per heavy atom. The summed E-state index contributed by atoms with van der Waals surface area (Å²) >= 11 is -2.02. The van der Waals surface area contributed by atoms with Crippen molar-refractivity contribution in [1.82, 2.24) is 0 Å². The van der Waals surface area contributed by atoms with Gasteiger partial charge in [-0.05, 0) is 0 Å². The molecule has 1 rings (SSSR count). The summed E-state index contributed by atoms with van der Waals surface area (Å²) in [6.45, 7) is 9.67. The molecule has 1 aliphatic rings. The van der Waals surface area contributed by atoms with E-state index in [4.69, 9.17) is 0 Å². The van der Waals surface area contributed by atoms with Crippen LogP contribution in [0.3, 0.4) is 0 Å². The molecule has 0 N–H and O–H groups in total. The van der Waals surface area contributed by atoms with Crippen LogP contribution in [0.25, 0.3) is 0 Å². The average Bonchev–Trinajstić information content (AvgIpc) is 2.63. The van der Waals surface area contributed by atoms with Gasteiger partial charge < -0.3 is 15.3 Å². The summed E-state index contributed by atoms with van der Waals surface area (Å²) in [5, 5.41) is 38.5. The fraction of sp³-hybridized carbons (Fsp3) is 0.778. The first-order chi connectivity index (χ1) is 9.56. The van der Waals surface area contributed by atoms with Crippen LogP contribution in [-0.4, -0.2) is 18.3 Å². The Labute approximate surface area is 140 Å². The van der Waals surface area contributed by atoms with Gasteiger partial charge in [-0.3, -0.25) is 0 Å².